The molecule has 0 radical (unpaired) electrons. The Kier molecular flexibility index (Phi) is 5.09. The minimum Gasteiger partial charge on any atom is -0.355 e. The molecule has 3 heteroatoms. The molecule has 0 aromatic carbocycles. The first-order chi connectivity index (χ1) is 7.11. The molecule has 0 aromatic heterocycles. The predicted molar refractivity (Wildman–Crippen MR) is 62.7 cm³/mol. The summed E-state index contributed by atoms with van der Waals surface area (Å²) in [5, 5.41) is 2.93. The summed E-state index contributed by atoms with van der Waals surface area (Å²) in [7, 11) is 0. The van der Waals surface area contributed by atoms with E-state index in [0.29, 0.717) is 6.54 Å². The van der Waals surface area contributed by atoms with Crippen LogP contribution in [0.1, 0.15) is 33.6 Å². The van der Waals surface area contributed by atoms with Crippen molar-refractivity contribution in [2.75, 3.05) is 26.2 Å². The number of amides is 1. The lowest BCUT2D eigenvalue weighted by molar-refractivity contribution is -0.122. The van der Waals surface area contributed by atoms with Crippen LogP contribution >= 0.6 is 0 Å². The molecule has 1 heterocycles. The zero-order valence-electron chi connectivity index (χ0n) is 10.3. The average Bonchev–Trinajstić information content (AvgIpc) is 2.13. The molecule has 0 bridgehead atoms. The highest BCUT2D eigenvalue weighted by molar-refractivity contribution is 5.77. The summed E-state index contributed by atoms with van der Waals surface area (Å²) in [5.74, 6) is 1.64. The number of piperidine rings is 1. The third-order valence-corrected chi connectivity index (χ3v) is 2.88. The fraction of sp³-hybridized carbons (Fsp3) is 0.917. The maximum atomic E-state index is 11.5. The number of rotatable bonds is 4. The van der Waals surface area contributed by atoms with Crippen LogP contribution in [-0.4, -0.2) is 37.0 Å². The molecule has 0 aliphatic carbocycles. The molecule has 2 atom stereocenters. The minimum absolute atomic E-state index is 0.179. The van der Waals surface area contributed by atoms with Crippen LogP contribution in [0.25, 0.3) is 0 Å². The molecule has 1 aliphatic heterocycles. The number of nitrogens with one attached hydrogen (secondary N) is 1. The van der Waals surface area contributed by atoms with Crippen molar-refractivity contribution in [3.63, 3.8) is 0 Å². The van der Waals surface area contributed by atoms with Crippen molar-refractivity contribution in [1.82, 2.24) is 10.2 Å². The van der Waals surface area contributed by atoms with Crippen molar-refractivity contribution in [2.24, 2.45) is 11.8 Å². The molecule has 15 heavy (non-hydrogen) atoms. The van der Waals surface area contributed by atoms with E-state index in [2.05, 4.69) is 31.0 Å². The lowest BCUT2D eigenvalue weighted by Crippen LogP contribution is -2.44. The summed E-state index contributed by atoms with van der Waals surface area (Å²) in [5.41, 5.74) is 0. The summed E-state index contributed by atoms with van der Waals surface area (Å²) >= 11 is 0. The minimum atomic E-state index is 0.179. The smallest absolute Gasteiger partial charge is 0.234 e. The van der Waals surface area contributed by atoms with E-state index in [0.717, 1.165) is 37.9 Å². The van der Waals surface area contributed by atoms with Gasteiger partial charge in [-0.05, 0) is 24.7 Å². The van der Waals surface area contributed by atoms with Crippen molar-refractivity contribution in [1.29, 1.82) is 0 Å². The number of hydrogen-bond acceptors (Lipinski definition) is 2. The SMILES string of the molecule is CCCNC(=O)CN1C[C@@H](C)C[C@H](C)C1. The first kappa shape index (κ1) is 12.5. The van der Waals surface area contributed by atoms with Gasteiger partial charge in [0.05, 0.1) is 6.54 Å². The molecular formula is C12H24N2O. The standard InChI is InChI=1S/C12H24N2O/c1-4-5-13-12(15)9-14-7-10(2)6-11(3)8-14/h10-11H,4-9H2,1-3H3,(H,13,15)/t10-,11-/m0/s1. The van der Waals surface area contributed by atoms with Gasteiger partial charge in [0.15, 0.2) is 0 Å². The van der Waals surface area contributed by atoms with Crippen LogP contribution in [0.3, 0.4) is 0 Å². The number of likely N-dealkylation sites (tertiary alicyclic amines) is 1. The van der Waals surface area contributed by atoms with Crippen molar-refractivity contribution in [3.05, 3.63) is 0 Å². The van der Waals surface area contributed by atoms with E-state index in [1.807, 2.05) is 0 Å². The zero-order chi connectivity index (χ0) is 11.3. The second-order valence-corrected chi connectivity index (χ2v) is 4.99. The summed E-state index contributed by atoms with van der Waals surface area (Å²) in [6, 6.07) is 0. The highest BCUT2D eigenvalue weighted by Gasteiger charge is 2.22. The highest BCUT2D eigenvalue weighted by Crippen LogP contribution is 2.20. The third-order valence-electron chi connectivity index (χ3n) is 2.88. The number of hydrogen-bond donors (Lipinski definition) is 1. The Morgan fingerprint density at radius 2 is 1.93 bits per heavy atom. The van der Waals surface area contributed by atoms with Crippen LogP contribution in [0.5, 0.6) is 0 Å². The van der Waals surface area contributed by atoms with E-state index >= 15 is 0 Å². The van der Waals surface area contributed by atoms with E-state index in [9.17, 15) is 4.79 Å². The van der Waals surface area contributed by atoms with Gasteiger partial charge in [0.2, 0.25) is 5.91 Å². The Balaban J connectivity index is 2.27. The van der Waals surface area contributed by atoms with Gasteiger partial charge in [-0.1, -0.05) is 20.8 Å². The number of nitrogens with zero attached hydrogens (tertiary/aromatic N) is 1. The van der Waals surface area contributed by atoms with Gasteiger partial charge in [-0.15, -0.1) is 0 Å². The molecule has 1 saturated heterocycles. The van der Waals surface area contributed by atoms with Gasteiger partial charge in [-0.25, -0.2) is 0 Å². The maximum absolute atomic E-state index is 11.5. The molecular weight excluding hydrogens is 188 g/mol. The largest absolute Gasteiger partial charge is 0.355 e. The fourth-order valence-corrected chi connectivity index (χ4v) is 2.44. The van der Waals surface area contributed by atoms with Gasteiger partial charge in [0.25, 0.3) is 0 Å². The summed E-state index contributed by atoms with van der Waals surface area (Å²) in [4.78, 5) is 13.8. The topological polar surface area (TPSA) is 32.3 Å². The normalized spacial score (nSPS) is 27.7. The molecule has 0 spiro atoms. The van der Waals surface area contributed by atoms with Crippen molar-refractivity contribution in [2.45, 2.75) is 33.6 Å². The number of carbonyl (C=O) groups is 1. The second kappa shape index (κ2) is 6.11. The Hall–Kier alpha value is -0.570. The van der Waals surface area contributed by atoms with E-state index in [1.54, 1.807) is 0 Å². The monoisotopic (exact) mass is 212 g/mol. The lowest BCUT2D eigenvalue weighted by atomic mass is 9.92. The quantitative estimate of drug-likeness (QED) is 0.766. The van der Waals surface area contributed by atoms with Crippen molar-refractivity contribution < 1.29 is 4.79 Å². The predicted octanol–water partition coefficient (Wildman–Crippen LogP) is 1.49. The average molecular weight is 212 g/mol. The molecule has 1 fully saturated rings. The molecule has 1 N–H and O–H groups in total. The molecule has 1 rings (SSSR count). The van der Waals surface area contributed by atoms with E-state index in [1.165, 1.54) is 6.42 Å². The third kappa shape index (κ3) is 4.65. The summed E-state index contributed by atoms with van der Waals surface area (Å²) in [6.45, 7) is 10.1. The zero-order valence-corrected chi connectivity index (χ0v) is 10.3. The van der Waals surface area contributed by atoms with Crippen molar-refractivity contribution in [3.8, 4) is 0 Å². The Labute approximate surface area is 93.2 Å². The highest BCUT2D eigenvalue weighted by atomic mass is 16.2. The van der Waals surface area contributed by atoms with Crippen LogP contribution in [-0.2, 0) is 4.79 Å². The lowest BCUT2D eigenvalue weighted by Gasteiger charge is -2.34. The van der Waals surface area contributed by atoms with Gasteiger partial charge >= 0.3 is 0 Å². The molecule has 0 unspecified atom stereocenters. The first-order valence-electron chi connectivity index (χ1n) is 6.10. The van der Waals surface area contributed by atoms with Gasteiger partial charge in [-0.2, -0.15) is 0 Å². The first-order valence-corrected chi connectivity index (χ1v) is 6.10. The van der Waals surface area contributed by atoms with Crippen LogP contribution in [0.2, 0.25) is 0 Å². The molecule has 0 aromatic rings. The Morgan fingerprint density at radius 1 is 1.33 bits per heavy atom. The summed E-state index contributed by atoms with van der Waals surface area (Å²) < 4.78 is 0. The molecule has 3 nitrogen and oxygen atoms in total. The fourth-order valence-electron chi connectivity index (χ4n) is 2.44. The van der Waals surface area contributed by atoms with Gasteiger partial charge < -0.3 is 5.32 Å². The number of carbonyl (C=O) groups excluding carboxylic acids is 1. The van der Waals surface area contributed by atoms with E-state index in [-0.39, 0.29) is 5.91 Å². The van der Waals surface area contributed by atoms with Crippen molar-refractivity contribution >= 4 is 5.91 Å². The van der Waals surface area contributed by atoms with Crippen LogP contribution < -0.4 is 5.32 Å². The molecule has 1 amide bonds. The van der Waals surface area contributed by atoms with Crippen LogP contribution in [0.15, 0.2) is 0 Å². The second-order valence-electron chi connectivity index (χ2n) is 4.99. The van der Waals surface area contributed by atoms with Crippen LogP contribution in [0, 0.1) is 11.8 Å². The van der Waals surface area contributed by atoms with E-state index < -0.39 is 0 Å². The Bertz CT molecular complexity index is 196. The van der Waals surface area contributed by atoms with Gasteiger partial charge in [0, 0.05) is 19.6 Å². The maximum Gasteiger partial charge on any atom is 0.234 e. The van der Waals surface area contributed by atoms with Gasteiger partial charge in [-0.3, -0.25) is 9.69 Å². The molecule has 88 valence electrons. The molecule has 1 aliphatic rings. The molecule has 0 saturated carbocycles. The Morgan fingerprint density at radius 3 is 2.47 bits per heavy atom. The van der Waals surface area contributed by atoms with Gasteiger partial charge in [0.1, 0.15) is 0 Å². The van der Waals surface area contributed by atoms with E-state index in [4.69, 9.17) is 0 Å². The van der Waals surface area contributed by atoms with Crippen LogP contribution in [0.4, 0.5) is 0 Å². The summed E-state index contributed by atoms with van der Waals surface area (Å²) in [6.07, 6.45) is 2.31.